The van der Waals surface area contributed by atoms with E-state index in [0.717, 1.165) is 0 Å². The maximum absolute atomic E-state index is 9.67. The molecule has 0 spiro atoms. The van der Waals surface area contributed by atoms with Crippen LogP contribution in [0, 0.1) is 0 Å². The van der Waals surface area contributed by atoms with Crippen LogP contribution in [-0.2, 0) is 18.8 Å². The van der Waals surface area contributed by atoms with Gasteiger partial charge in [-0.05, 0) is 0 Å². The highest BCUT2D eigenvalue weighted by molar-refractivity contribution is 7.84. The molecule has 1 fully saturated rings. The van der Waals surface area contributed by atoms with Gasteiger partial charge in [-0.2, -0.15) is 13.2 Å². The molecule has 66 valence electrons. The van der Waals surface area contributed by atoms with Gasteiger partial charge in [0.15, 0.2) is 0 Å². The van der Waals surface area contributed by atoms with Gasteiger partial charge in [0.25, 0.3) is 0 Å². The Labute approximate surface area is 59.0 Å². The first-order valence-electron chi connectivity index (χ1n) is 1.93. The van der Waals surface area contributed by atoms with Crippen LogP contribution in [0.3, 0.4) is 0 Å². The molecule has 0 radical (unpaired) electrons. The van der Waals surface area contributed by atoms with E-state index in [1.54, 1.807) is 0 Å². The van der Waals surface area contributed by atoms with Crippen LogP contribution in [0.25, 0.3) is 0 Å². The van der Waals surface area contributed by atoms with Crippen LogP contribution < -0.4 is 0 Å². The van der Waals surface area contributed by atoms with Gasteiger partial charge >= 0.3 is 23.2 Å². The Kier molecular flexibility index (Phi) is 3.11. The number of hydrogen-bond donors (Lipinski definition) is 0. The van der Waals surface area contributed by atoms with Gasteiger partial charge in [-0.3, -0.25) is 8.37 Å². The summed E-state index contributed by atoms with van der Waals surface area (Å²) in [6.07, 6.45) is -1.17. The summed E-state index contributed by atoms with van der Waals surface area (Å²) in [7, 11) is -3.88. The lowest BCUT2D eigenvalue weighted by atomic mass is 11.5. The first-order chi connectivity index (χ1) is 4.83. The number of halogens is 3. The molecular weight excluding hydrogens is 193 g/mol. The zero-order valence-corrected chi connectivity index (χ0v) is 5.48. The molecule has 0 aromatic rings. The van der Waals surface area contributed by atoms with E-state index in [4.69, 9.17) is 0 Å². The second kappa shape index (κ2) is 3.42. The van der Waals surface area contributed by atoms with Gasteiger partial charge in [0, 0.05) is 0 Å². The smallest absolute Gasteiger partial charge is 0.280 e. The predicted octanol–water partition coefficient (Wildman–Crippen LogP) is 0.577. The Morgan fingerprint density at radius 3 is 1.45 bits per heavy atom. The van der Waals surface area contributed by atoms with Crippen molar-refractivity contribution in [1.29, 1.82) is 0 Å². The maximum atomic E-state index is 9.67. The zero-order chi connectivity index (χ0) is 9.07. The summed E-state index contributed by atoms with van der Waals surface area (Å²) in [4.78, 5) is 9.49. The van der Waals surface area contributed by atoms with Crippen LogP contribution >= 0.6 is 0 Å². The molecule has 0 bridgehead atoms. The van der Waals surface area contributed by atoms with Crippen molar-refractivity contribution in [1.82, 2.24) is 0 Å². The molecule has 1 aliphatic heterocycles. The Balaban J connectivity index is 0.000000218. The van der Waals surface area contributed by atoms with E-state index in [-0.39, 0.29) is 0 Å². The predicted molar refractivity (Wildman–Crippen MR) is 23.6 cm³/mol. The molecular formula is C2HF3O5S. The summed E-state index contributed by atoms with van der Waals surface area (Å²) < 4.78 is 55.1. The minimum Gasteiger partial charge on any atom is -0.280 e. The van der Waals surface area contributed by atoms with E-state index in [0.29, 0.717) is 0 Å². The molecule has 5 nitrogen and oxygen atoms in total. The van der Waals surface area contributed by atoms with Crippen LogP contribution in [0.1, 0.15) is 0 Å². The minimum absolute atomic E-state index is 1.17. The summed E-state index contributed by atoms with van der Waals surface area (Å²) in [5, 5.41) is 0. The van der Waals surface area contributed by atoms with Crippen LogP contribution in [0.4, 0.5) is 18.0 Å². The Morgan fingerprint density at radius 2 is 1.45 bits per heavy atom. The van der Waals surface area contributed by atoms with Crippen molar-refractivity contribution in [2.45, 2.75) is 6.68 Å². The van der Waals surface area contributed by atoms with Crippen LogP contribution in [0.15, 0.2) is 0 Å². The Morgan fingerprint density at radius 1 is 1.18 bits per heavy atom. The topological polar surface area (TPSA) is 69.7 Å². The van der Waals surface area contributed by atoms with Crippen molar-refractivity contribution < 1.29 is 34.7 Å². The van der Waals surface area contributed by atoms with E-state index < -0.39 is 23.2 Å². The van der Waals surface area contributed by atoms with Crippen LogP contribution in [0.5, 0.6) is 0 Å². The molecule has 0 aliphatic carbocycles. The van der Waals surface area contributed by atoms with Crippen molar-refractivity contribution in [2.24, 2.45) is 0 Å². The second-order valence-electron chi connectivity index (χ2n) is 1.07. The fourth-order valence-electron chi connectivity index (χ4n) is 0.173. The zero-order valence-electron chi connectivity index (χ0n) is 4.66. The third-order valence-electron chi connectivity index (χ3n) is 0.340. The van der Waals surface area contributed by atoms with Crippen molar-refractivity contribution in [3.63, 3.8) is 0 Å². The first-order valence-corrected chi connectivity index (χ1v) is 3.27. The molecule has 1 aliphatic rings. The first kappa shape index (κ1) is 10.0. The van der Waals surface area contributed by atoms with E-state index in [1.165, 1.54) is 0 Å². The van der Waals surface area contributed by atoms with Crippen LogP contribution in [-0.4, -0.2) is 21.3 Å². The van der Waals surface area contributed by atoms with Gasteiger partial charge < -0.3 is 0 Å². The molecule has 1 heterocycles. The third kappa shape index (κ3) is 5.45. The van der Waals surface area contributed by atoms with E-state index in [1.807, 2.05) is 0 Å². The molecule has 11 heavy (non-hydrogen) atoms. The van der Waals surface area contributed by atoms with E-state index >= 15 is 0 Å². The Bertz CT molecular complexity index is 215. The highest BCUT2D eigenvalue weighted by Gasteiger charge is 2.35. The molecule has 9 heteroatoms. The van der Waals surface area contributed by atoms with Crippen LogP contribution in [0.2, 0.25) is 0 Å². The summed E-state index contributed by atoms with van der Waals surface area (Å²) in [5.74, 6) is 0. The molecule has 0 atom stereocenters. The Hall–Kier alpha value is -0.990. The fourth-order valence-corrected chi connectivity index (χ4v) is 0.519. The molecule has 0 aromatic carbocycles. The van der Waals surface area contributed by atoms with Gasteiger partial charge in [-0.25, -0.2) is 4.79 Å². The van der Waals surface area contributed by atoms with Gasteiger partial charge in [0.2, 0.25) is 0 Å². The maximum Gasteiger partial charge on any atom is 0.544 e. The lowest BCUT2D eigenvalue weighted by Crippen LogP contribution is -2.29. The average molecular weight is 194 g/mol. The average Bonchev–Trinajstić information content (AvgIpc) is 1.56. The minimum atomic E-state index is -3.88. The number of carbonyl (C=O) groups excluding carboxylic acids is 1. The van der Waals surface area contributed by atoms with Gasteiger partial charge in [0.05, 0.1) is 0 Å². The highest BCUT2D eigenvalue weighted by atomic mass is 32.3. The van der Waals surface area contributed by atoms with E-state index in [2.05, 4.69) is 8.37 Å². The summed E-state index contributed by atoms with van der Waals surface area (Å²) in [6, 6.07) is 0. The van der Waals surface area contributed by atoms with Crippen molar-refractivity contribution >= 4 is 16.6 Å². The quantitative estimate of drug-likeness (QED) is 0.564. The molecule has 1 saturated heterocycles. The molecule has 1 rings (SSSR count). The monoisotopic (exact) mass is 194 g/mol. The van der Waals surface area contributed by atoms with E-state index in [9.17, 15) is 26.4 Å². The standard InChI is InChI=1S/CHF3.CO5S/c2-1(3)4;2-1-5-7(3,4)6-1/h1H;. The summed E-state index contributed by atoms with van der Waals surface area (Å²) >= 11 is 0. The molecule has 0 N–H and O–H groups in total. The molecule has 0 aromatic heterocycles. The summed E-state index contributed by atoms with van der Waals surface area (Å²) in [5.41, 5.74) is 0. The molecule has 0 unspecified atom stereocenters. The largest absolute Gasteiger partial charge is 0.544 e. The number of carbonyl (C=O) groups is 1. The normalized spacial score (nSPS) is 18.7. The SMILES string of the molecule is FC(F)F.O=C1OS(=O)(=O)O1. The molecule has 0 saturated carbocycles. The van der Waals surface area contributed by atoms with Crippen molar-refractivity contribution in [3.8, 4) is 0 Å². The number of alkyl halides is 3. The lowest BCUT2D eigenvalue weighted by molar-refractivity contribution is 0.00818. The lowest BCUT2D eigenvalue weighted by Gasteiger charge is -2.08. The number of rotatable bonds is 0. The fraction of sp³-hybridized carbons (Fsp3) is 0.500. The molecule has 0 amide bonds. The van der Waals surface area contributed by atoms with Gasteiger partial charge in [0.1, 0.15) is 0 Å². The second-order valence-corrected chi connectivity index (χ2v) is 2.22. The van der Waals surface area contributed by atoms with Gasteiger partial charge in [-0.15, -0.1) is 8.42 Å². The van der Waals surface area contributed by atoms with Crippen molar-refractivity contribution in [3.05, 3.63) is 0 Å². The van der Waals surface area contributed by atoms with Gasteiger partial charge in [-0.1, -0.05) is 0 Å². The highest BCUT2D eigenvalue weighted by Crippen LogP contribution is 2.09. The summed E-state index contributed by atoms with van der Waals surface area (Å²) in [6.45, 7) is -3.67. The van der Waals surface area contributed by atoms with Crippen molar-refractivity contribution in [2.75, 3.05) is 0 Å². The third-order valence-corrected chi connectivity index (χ3v) is 1.02. The number of hydrogen-bond acceptors (Lipinski definition) is 5.